The van der Waals surface area contributed by atoms with E-state index in [4.69, 9.17) is 15.7 Å². The van der Waals surface area contributed by atoms with Crippen molar-refractivity contribution in [1.82, 2.24) is 4.98 Å². The average Bonchev–Trinajstić information content (AvgIpc) is 2.17. The van der Waals surface area contributed by atoms with Crippen molar-refractivity contribution in [1.29, 1.82) is 0 Å². The van der Waals surface area contributed by atoms with Crippen LogP contribution in [-0.4, -0.2) is 23.1 Å². The maximum absolute atomic E-state index is 8.32. The SMILES string of the molecule is COc1ccc(/C(N)=N/O)cn1. The van der Waals surface area contributed by atoms with E-state index >= 15 is 0 Å². The van der Waals surface area contributed by atoms with Crippen LogP contribution in [-0.2, 0) is 0 Å². The minimum Gasteiger partial charge on any atom is -0.481 e. The Morgan fingerprint density at radius 1 is 1.67 bits per heavy atom. The van der Waals surface area contributed by atoms with E-state index in [2.05, 4.69) is 10.1 Å². The highest BCUT2D eigenvalue weighted by atomic mass is 16.5. The number of pyridine rings is 1. The molecule has 0 bridgehead atoms. The molecular formula is C7H9N3O2. The summed E-state index contributed by atoms with van der Waals surface area (Å²) in [5, 5.41) is 11.1. The second-order valence-electron chi connectivity index (χ2n) is 2.07. The van der Waals surface area contributed by atoms with Gasteiger partial charge in [-0.05, 0) is 6.07 Å². The Balaban J connectivity index is 2.92. The number of ether oxygens (including phenoxy) is 1. The summed E-state index contributed by atoms with van der Waals surface area (Å²) < 4.78 is 4.83. The van der Waals surface area contributed by atoms with Crippen LogP contribution >= 0.6 is 0 Å². The predicted molar refractivity (Wildman–Crippen MR) is 43.3 cm³/mol. The molecule has 1 heterocycles. The number of aromatic nitrogens is 1. The summed E-state index contributed by atoms with van der Waals surface area (Å²) in [6.45, 7) is 0. The first-order chi connectivity index (χ1) is 5.77. The second kappa shape index (κ2) is 3.56. The minimum absolute atomic E-state index is 0.0325. The summed E-state index contributed by atoms with van der Waals surface area (Å²) >= 11 is 0. The number of rotatable bonds is 2. The molecule has 0 unspecified atom stereocenters. The van der Waals surface area contributed by atoms with Crippen LogP contribution in [0.25, 0.3) is 0 Å². The molecule has 0 aliphatic rings. The largest absolute Gasteiger partial charge is 0.481 e. The highest BCUT2D eigenvalue weighted by Crippen LogP contribution is 2.05. The quantitative estimate of drug-likeness (QED) is 0.285. The zero-order valence-electron chi connectivity index (χ0n) is 6.56. The van der Waals surface area contributed by atoms with Crippen molar-refractivity contribution in [2.75, 3.05) is 7.11 Å². The summed E-state index contributed by atoms with van der Waals surface area (Å²) in [4.78, 5) is 3.87. The lowest BCUT2D eigenvalue weighted by Gasteiger charge is -1.99. The molecular weight excluding hydrogens is 158 g/mol. The zero-order valence-corrected chi connectivity index (χ0v) is 6.56. The van der Waals surface area contributed by atoms with Crippen molar-refractivity contribution in [2.24, 2.45) is 10.9 Å². The second-order valence-corrected chi connectivity index (χ2v) is 2.07. The third kappa shape index (κ3) is 1.63. The standard InChI is InChI=1S/C7H9N3O2/c1-12-6-3-2-5(4-9-6)7(8)10-11/h2-4,11H,1H3,(H2,8,10). The maximum Gasteiger partial charge on any atom is 0.212 e. The van der Waals surface area contributed by atoms with Crippen LogP contribution in [0.1, 0.15) is 5.56 Å². The molecule has 0 saturated heterocycles. The molecule has 0 aromatic carbocycles. The number of nitrogens with zero attached hydrogens (tertiary/aromatic N) is 2. The number of oxime groups is 1. The van der Waals surface area contributed by atoms with Gasteiger partial charge < -0.3 is 15.7 Å². The molecule has 0 aliphatic heterocycles. The smallest absolute Gasteiger partial charge is 0.212 e. The Hall–Kier alpha value is -1.78. The van der Waals surface area contributed by atoms with Crippen LogP contribution < -0.4 is 10.5 Å². The van der Waals surface area contributed by atoms with Crippen LogP contribution in [0, 0.1) is 0 Å². The number of amidine groups is 1. The van der Waals surface area contributed by atoms with E-state index in [1.807, 2.05) is 0 Å². The van der Waals surface area contributed by atoms with Crippen molar-refractivity contribution < 1.29 is 9.94 Å². The van der Waals surface area contributed by atoms with Gasteiger partial charge in [-0.3, -0.25) is 0 Å². The van der Waals surface area contributed by atoms with Gasteiger partial charge in [0.2, 0.25) is 5.88 Å². The first-order valence-corrected chi connectivity index (χ1v) is 3.26. The van der Waals surface area contributed by atoms with E-state index in [-0.39, 0.29) is 5.84 Å². The van der Waals surface area contributed by atoms with Crippen LogP contribution in [0.4, 0.5) is 0 Å². The van der Waals surface area contributed by atoms with Crippen molar-refractivity contribution in [3.05, 3.63) is 23.9 Å². The summed E-state index contributed by atoms with van der Waals surface area (Å²) in [7, 11) is 1.52. The number of hydrogen-bond donors (Lipinski definition) is 2. The minimum atomic E-state index is 0.0325. The summed E-state index contributed by atoms with van der Waals surface area (Å²) in [5.74, 6) is 0.523. The lowest BCUT2D eigenvalue weighted by Crippen LogP contribution is -2.13. The Morgan fingerprint density at radius 3 is 2.83 bits per heavy atom. The van der Waals surface area contributed by atoms with Crippen molar-refractivity contribution in [2.45, 2.75) is 0 Å². The number of hydrogen-bond acceptors (Lipinski definition) is 4. The highest BCUT2D eigenvalue weighted by molar-refractivity contribution is 5.96. The summed E-state index contributed by atoms with van der Waals surface area (Å²) in [6.07, 6.45) is 1.47. The first-order valence-electron chi connectivity index (χ1n) is 3.26. The van der Waals surface area contributed by atoms with Crippen molar-refractivity contribution >= 4 is 5.84 Å². The van der Waals surface area contributed by atoms with Gasteiger partial charge in [-0.2, -0.15) is 0 Å². The van der Waals surface area contributed by atoms with Gasteiger partial charge in [0.15, 0.2) is 5.84 Å². The molecule has 0 aliphatic carbocycles. The van der Waals surface area contributed by atoms with Crippen LogP contribution in [0.3, 0.4) is 0 Å². The van der Waals surface area contributed by atoms with Crippen molar-refractivity contribution in [3.8, 4) is 5.88 Å². The van der Waals surface area contributed by atoms with Gasteiger partial charge in [0, 0.05) is 17.8 Å². The van der Waals surface area contributed by atoms with Crippen LogP contribution in [0.15, 0.2) is 23.5 Å². The molecule has 0 atom stereocenters. The number of nitrogens with two attached hydrogens (primary N) is 1. The lowest BCUT2D eigenvalue weighted by atomic mass is 10.3. The van der Waals surface area contributed by atoms with E-state index in [0.29, 0.717) is 11.4 Å². The average molecular weight is 167 g/mol. The molecule has 12 heavy (non-hydrogen) atoms. The molecule has 0 saturated carbocycles. The Bertz CT molecular complexity index is 281. The maximum atomic E-state index is 8.32. The van der Waals surface area contributed by atoms with E-state index < -0.39 is 0 Å². The van der Waals surface area contributed by atoms with E-state index in [0.717, 1.165) is 0 Å². The van der Waals surface area contributed by atoms with E-state index in [1.54, 1.807) is 12.1 Å². The third-order valence-corrected chi connectivity index (χ3v) is 1.35. The fourth-order valence-corrected chi connectivity index (χ4v) is 0.710. The van der Waals surface area contributed by atoms with Gasteiger partial charge in [0.05, 0.1) is 7.11 Å². The fourth-order valence-electron chi connectivity index (χ4n) is 0.710. The lowest BCUT2D eigenvalue weighted by molar-refractivity contribution is 0.318. The molecule has 0 fully saturated rings. The third-order valence-electron chi connectivity index (χ3n) is 1.35. The Morgan fingerprint density at radius 2 is 2.42 bits per heavy atom. The Labute approximate surface area is 69.5 Å². The van der Waals surface area contributed by atoms with Crippen LogP contribution in [0.2, 0.25) is 0 Å². The number of methoxy groups -OCH3 is 1. The fraction of sp³-hybridized carbons (Fsp3) is 0.143. The van der Waals surface area contributed by atoms with Crippen LogP contribution in [0.5, 0.6) is 5.88 Å². The van der Waals surface area contributed by atoms with Gasteiger partial charge in [0.1, 0.15) is 0 Å². The zero-order chi connectivity index (χ0) is 8.97. The van der Waals surface area contributed by atoms with Gasteiger partial charge in [0.25, 0.3) is 0 Å². The van der Waals surface area contributed by atoms with Gasteiger partial charge in [-0.25, -0.2) is 4.98 Å². The van der Waals surface area contributed by atoms with Gasteiger partial charge >= 0.3 is 0 Å². The summed E-state index contributed by atoms with van der Waals surface area (Å²) in [5.41, 5.74) is 5.86. The normalized spacial score (nSPS) is 11.2. The van der Waals surface area contributed by atoms with Gasteiger partial charge in [-0.1, -0.05) is 5.16 Å². The first kappa shape index (κ1) is 8.32. The molecule has 3 N–H and O–H groups in total. The molecule has 0 radical (unpaired) electrons. The Kier molecular flexibility index (Phi) is 2.47. The molecule has 0 spiro atoms. The van der Waals surface area contributed by atoms with Gasteiger partial charge in [-0.15, -0.1) is 0 Å². The topological polar surface area (TPSA) is 80.7 Å². The highest BCUT2D eigenvalue weighted by Gasteiger charge is 1.98. The summed E-state index contributed by atoms with van der Waals surface area (Å²) in [6, 6.07) is 3.29. The molecule has 1 rings (SSSR count). The molecule has 0 amide bonds. The predicted octanol–water partition coefficient (Wildman–Crippen LogP) is 0.185. The van der Waals surface area contributed by atoms with Crippen molar-refractivity contribution in [3.63, 3.8) is 0 Å². The molecule has 1 aromatic heterocycles. The van der Waals surface area contributed by atoms with E-state index in [1.165, 1.54) is 13.3 Å². The molecule has 64 valence electrons. The monoisotopic (exact) mass is 167 g/mol. The van der Waals surface area contributed by atoms with E-state index in [9.17, 15) is 0 Å². The molecule has 5 nitrogen and oxygen atoms in total. The molecule has 1 aromatic rings. The molecule has 5 heteroatoms.